The lowest BCUT2D eigenvalue weighted by atomic mass is 10.3. The van der Waals surface area contributed by atoms with Gasteiger partial charge in [-0.2, -0.15) is 5.10 Å². The summed E-state index contributed by atoms with van der Waals surface area (Å²) >= 11 is 0. The zero-order valence-corrected chi connectivity index (χ0v) is 13.3. The molecule has 124 valence electrons. The minimum Gasteiger partial charge on any atom is -0.497 e. The summed E-state index contributed by atoms with van der Waals surface area (Å²) in [5.74, 6) is 1.08. The fourth-order valence-electron chi connectivity index (χ4n) is 2.55. The van der Waals surface area contributed by atoms with E-state index < -0.39 is 0 Å². The molecule has 4 rings (SSSR count). The maximum Gasteiger partial charge on any atom is 0.168 e. The molecule has 6 nitrogen and oxygen atoms in total. The minimum atomic E-state index is -0.296. The molecule has 0 saturated heterocycles. The lowest BCUT2D eigenvalue weighted by molar-refractivity contribution is 0.415. The van der Waals surface area contributed by atoms with E-state index >= 15 is 0 Å². The number of anilines is 2. The number of rotatable bonds is 4. The van der Waals surface area contributed by atoms with Gasteiger partial charge in [0.05, 0.1) is 24.4 Å². The minimum absolute atomic E-state index is 0.296. The number of nitrogens with one attached hydrogen (secondary N) is 1. The van der Waals surface area contributed by atoms with Gasteiger partial charge in [-0.3, -0.25) is 0 Å². The molecule has 0 bridgehead atoms. The highest BCUT2D eigenvalue weighted by Crippen LogP contribution is 2.26. The summed E-state index contributed by atoms with van der Waals surface area (Å²) in [7, 11) is 1.62. The number of methoxy groups -OCH3 is 1. The topological polar surface area (TPSA) is 64.9 Å². The molecule has 2 aromatic heterocycles. The summed E-state index contributed by atoms with van der Waals surface area (Å²) in [5.41, 5.74) is 2.20. The van der Waals surface area contributed by atoms with Gasteiger partial charge in [-0.15, -0.1) is 0 Å². The first-order valence-corrected chi connectivity index (χ1v) is 7.60. The number of benzene rings is 2. The zero-order valence-electron chi connectivity index (χ0n) is 13.3. The van der Waals surface area contributed by atoms with Crippen LogP contribution in [0.4, 0.5) is 15.9 Å². The molecule has 2 aromatic carbocycles. The van der Waals surface area contributed by atoms with Gasteiger partial charge in [0, 0.05) is 11.8 Å². The van der Waals surface area contributed by atoms with Crippen molar-refractivity contribution in [2.75, 3.05) is 12.4 Å². The van der Waals surface area contributed by atoms with Gasteiger partial charge in [-0.1, -0.05) is 6.07 Å². The van der Waals surface area contributed by atoms with Crippen molar-refractivity contribution in [1.82, 2.24) is 19.7 Å². The first kappa shape index (κ1) is 15.1. The fraction of sp³-hybridized carbons (Fsp3) is 0.0556. The average Bonchev–Trinajstić information content (AvgIpc) is 3.08. The molecule has 0 atom stereocenters. The molecule has 0 radical (unpaired) electrons. The van der Waals surface area contributed by atoms with Gasteiger partial charge in [0.15, 0.2) is 5.65 Å². The van der Waals surface area contributed by atoms with Crippen LogP contribution in [0.25, 0.3) is 16.7 Å². The smallest absolute Gasteiger partial charge is 0.168 e. The van der Waals surface area contributed by atoms with Crippen LogP contribution in [0.2, 0.25) is 0 Å². The van der Waals surface area contributed by atoms with Crippen molar-refractivity contribution in [3.8, 4) is 11.4 Å². The molecule has 2 heterocycles. The molecule has 0 aliphatic rings. The highest BCUT2D eigenvalue weighted by Gasteiger charge is 2.11. The van der Waals surface area contributed by atoms with Crippen LogP contribution < -0.4 is 10.1 Å². The van der Waals surface area contributed by atoms with Gasteiger partial charge >= 0.3 is 0 Å². The Morgan fingerprint density at radius 2 is 1.92 bits per heavy atom. The third kappa shape index (κ3) is 2.87. The van der Waals surface area contributed by atoms with Gasteiger partial charge in [-0.05, 0) is 36.4 Å². The van der Waals surface area contributed by atoms with E-state index in [2.05, 4.69) is 20.4 Å². The Morgan fingerprint density at radius 3 is 2.72 bits per heavy atom. The van der Waals surface area contributed by atoms with E-state index in [-0.39, 0.29) is 5.82 Å². The predicted molar refractivity (Wildman–Crippen MR) is 92.9 cm³/mol. The monoisotopic (exact) mass is 335 g/mol. The Bertz CT molecular complexity index is 1030. The summed E-state index contributed by atoms with van der Waals surface area (Å²) < 4.78 is 20.0. The number of aromatic nitrogens is 4. The molecule has 0 saturated carbocycles. The van der Waals surface area contributed by atoms with E-state index in [1.54, 1.807) is 30.1 Å². The average molecular weight is 335 g/mol. The lowest BCUT2D eigenvalue weighted by Gasteiger charge is -2.08. The van der Waals surface area contributed by atoms with Crippen molar-refractivity contribution in [2.24, 2.45) is 0 Å². The third-order valence-corrected chi connectivity index (χ3v) is 3.77. The summed E-state index contributed by atoms with van der Waals surface area (Å²) in [6.45, 7) is 0. The van der Waals surface area contributed by atoms with Crippen molar-refractivity contribution in [1.29, 1.82) is 0 Å². The van der Waals surface area contributed by atoms with Crippen LogP contribution in [-0.2, 0) is 0 Å². The number of hydrogen-bond donors (Lipinski definition) is 1. The van der Waals surface area contributed by atoms with E-state index in [4.69, 9.17) is 4.74 Å². The standard InChI is InChI=1S/C18H14FN5O/c1-25-15-4-2-3-13(9-15)23-17-16-10-22-24(18(16)21-11-20-17)14-7-5-12(19)6-8-14/h2-11H,1H3,(H,20,21,23). The second-order valence-electron chi connectivity index (χ2n) is 5.35. The quantitative estimate of drug-likeness (QED) is 0.616. The maximum absolute atomic E-state index is 13.1. The summed E-state index contributed by atoms with van der Waals surface area (Å²) in [4.78, 5) is 8.61. The van der Waals surface area contributed by atoms with Crippen molar-refractivity contribution in [3.63, 3.8) is 0 Å². The maximum atomic E-state index is 13.1. The van der Waals surface area contributed by atoms with Crippen molar-refractivity contribution in [3.05, 3.63) is 66.9 Å². The summed E-state index contributed by atoms with van der Waals surface area (Å²) in [6.07, 6.45) is 3.15. The van der Waals surface area contributed by atoms with Crippen molar-refractivity contribution < 1.29 is 9.13 Å². The third-order valence-electron chi connectivity index (χ3n) is 3.77. The van der Waals surface area contributed by atoms with Crippen LogP contribution in [0.3, 0.4) is 0 Å². The van der Waals surface area contributed by atoms with Gasteiger partial charge in [0.2, 0.25) is 0 Å². The summed E-state index contributed by atoms with van der Waals surface area (Å²) in [5, 5.41) is 8.37. The first-order chi connectivity index (χ1) is 12.2. The lowest BCUT2D eigenvalue weighted by Crippen LogP contribution is -1.99. The van der Waals surface area contributed by atoms with Crippen LogP contribution >= 0.6 is 0 Å². The van der Waals surface area contributed by atoms with Crippen LogP contribution in [0.1, 0.15) is 0 Å². The number of fused-ring (bicyclic) bond motifs is 1. The Morgan fingerprint density at radius 1 is 1.08 bits per heavy atom. The van der Waals surface area contributed by atoms with E-state index in [1.165, 1.54) is 18.5 Å². The summed E-state index contributed by atoms with van der Waals surface area (Å²) in [6, 6.07) is 13.6. The van der Waals surface area contributed by atoms with Gasteiger partial charge in [0.25, 0.3) is 0 Å². The largest absolute Gasteiger partial charge is 0.497 e. The molecule has 4 aromatic rings. The SMILES string of the molecule is COc1cccc(Nc2ncnc3c2cnn3-c2ccc(F)cc2)c1. The molecule has 0 unspecified atom stereocenters. The second-order valence-corrected chi connectivity index (χ2v) is 5.35. The van der Waals surface area contributed by atoms with E-state index in [9.17, 15) is 4.39 Å². The van der Waals surface area contributed by atoms with Gasteiger partial charge in [-0.25, -0.2) is 19.0 Å². The van der Waals surface area contributed by atoms with Crippen molar-refractivity contribution >= 4 is 22.5 Å². The van der Waals surface area contributed by atoms with Gasteiger partial charge in [0.1, 0.15) is 23.7 Å². The number of halogens is 1. The molecule has 1 N–H and O–H groups in total. The van der Waals surface area contributed by atoms with Crippen LogP contribution in [0.15, 0.2) is 61.1 Å². The molecule has 25 heavy (non-hydrogen) atoms. The number of ether oxygens (including phenoxy) is 1. The van der Waals surface area contributed by atoms with E-state index in [0.29, 0.717) is 11.5 Å². The highest BCUT2D eigenvalue weighted by molar-refractivity contribution is 5.89. The fourth-order valence-corrected chi connectivity index (χ4v) is 2.55. The highest BCUT2D eigenvalue weighted by atomic mass is 19.1. The van der Waals surface area contributed by atoms with Crippen molar-refractivity contribution in [2.45, 2.75) is 0 Å². The first-order valence-electron chi connectivity index (χ1n) is 7.60. The molecule has 0 aliphatic carbocycles. The molecular formula is C18H14FN5O. The molecular weight excluding hydrogens is 321 g/mol. The van der Waals surface area contributed by atoms with Crippen LogP contribution in [-0.4, -0.2) is 26.9 Å². The molecule has 0 aliphatic heterocycles. The Labute approximate surface area is 142 Å². The predicted octanol–water partition coefficient (Wildman–Crippen LogP) is 3.71. The molecule has 0 spiro atoms. The van der Waals surface area contributed by atoms with Crippen LogP contribution in [0, 0.1) is 5.82 Å². The Balaban J connectivity index is 1.75. The molecule has 0 amide bonds. The number of nitrogens with zero attached hydrogens (tertiary/aromatic N) is 4. The second kappa shape index (κ2) is 6.20. The molecule has 0 fully saturated rings. The normalized spacial score (nSPS) is 10.8. The van der Waals surface area contributed by atoms with Gasteiger partial charge < -0.3 is 10.1 Å². The number of hydrogen-bond acceptors (Lipinski definition) is 5. The Hall–Kier alpha value is -3.48. The van der Waals surface area contributed by atoms with E-state index in [0.717, 1.165) is 22.5 Å². The zero-order chi connectivity index (χ0) is 17.2. The van der Waals surface area contributed by atoms with E-state index in [1.807, 2.05) is 24.3 Å². The molecule has 7 heteroatoms. The Kier molecular flexibility index (Phi) is 3.74. The van der Waals surface area contributed by atoms with Crippen LogP contribution in [0.5, 0.6) is 5.75 Å².